The maximum atomic E-state index is 4.55. The van der Waals surface area contributed by atoms with Crippen LogP contribution >= 0.6 is 0 Å². The minimum atomic E-state index is 0.344. The van der Waals surface area contributed by atoms with Crippen LogP contribution in [-0.4, -0.2) is 19.3 Å². The largest absolute Gasteiger partial charge is 0.323 e. The van der Waals surface area contributed by atoms with Gasteiger partial charge < -0.3 is 5.32 Å². The van der Waals surface area contributed by atoms with Gasteiger partial charge in [0.25, 0.3) is 0 Å². The molecule has 0 amide bonds. The Balaban J connectivity index is 1.92. The van der Waals surface area contributed by atoms with E-state index in [9.17, 15) is 0 Å². The molecular formula is C16H19N5. The van der Waals surface area contributed by atoms with E-state index >= 15 is 0 Å². The third kappa shape index (κ3) is 2.81. The van der Waals surface area contributed by atoms with Gasteiger partial charge in [0.2, 0.25) is 5.95 Å². The molecular weight excluding hydrogens is 262 g/mol. The minimum absolute atomic E-state index is 0.344. The van der Waals surface area contributed by atoms with E-state index in [0.29, 0.717) is 6.04 Å². The zero-order valence-electron chi connectivity index (χ0n) is 12.5. The predicted octanol–water partition coefficient (Wildman–Crippen LogP) is 3.70. The van der Waals surface area contributed by atoms with Gasteiger partial charge in [-0.05, 0) is 32.9 Å². The molecule has 5 nitrogen and oxygen atoms in total. The van der Waals surface area contributed by atoms with E-state index < -0.39 is 0 Å². The monoisotopic (exact) mass is 281 g/mol. The number of nitrogens with one attached hydrogen (secondary N) is 1. The molecule has 108 valence electrons. The maximum absolute atomic E-state index is 4.55. The van der Waals surface area contributed by atoms with Crippen molar-refractivity contribution in [2.24, 2.45) is 0 Å². The van der Waals surface area contributed by atoms with Crippen molar-refractivity contribution in [3.63, 3.8) is 0 Å². The fourth-order valence-corrected chi connectivity index (χ4v) is 2.19. The van der Waals surface area contributed by atoms with Crippen molar-refractivity contribution in [3.8, 4) is 5.69 Å². The second kappa shape index (κ2) is 5.44. The Morgan fingerprint density at radius 1 is 1.10 bits per heavy atom. The number of rotatable bonds is 4. The molecule has 0 radical (unpaired) electrons. The van der Waals surface area contributed by atoms with E-state index in [0.717, 1.165) is 23.0 Å². The van der Waals surface area contributed by atoms with Crippen molar-refractivity contribution in [2.45, 2.75) is 26.8 Å². The number of benzene rings is 1. The molecule has 3 rings (SSSR count). The van der Waals surface area contributed by atoms with Gasteiger partial charge in [-0.2, -0.15) is 5.10 Å². The van der Waals surface area contributed by atoms with E-state index in [1.165, 1.54) is 0 Å². The van der Waals surface area contributed by atoms with Crippen LogP contribution in [0, 0.1) is 6.92 Å². The summed E-state index contributed by atoms with van der Waals surface area (Å²) in [5.74, 6) is 0.794. The number of anilines is 2. The molecule has 0 bridgehead atoms. The van der Waals surface area contributed by atoms with Crippen LogP contribution in [0.2, 0.25) is 0 Å². The fraction of sp³-hybridized carbons (Fsp3) is 0.250. The van der Waals surface area contributed by atoms with Gasteiger partial charge in [0.05, 0.1) is 17.6 Å². The summed E-state index contributed by atoms with van der Waals surface area (Å²) in [5.41, 5.74) is 2.99. The smallest absolute Gasteiger partial charge is 0.212 e. The topological polar surface area (TPSA) is 47.7 Å². The summed E-state index contributed by atoms with van der Waals surface area (Å²) >= 11 is 0. The lowest BCUT2D eigenvalue weighted by Crippen LogP contribution is -2.01. The highest BCUT2D eigenvalue weighted by Gasteiger charge is 2.09. The summed E-state index contributed by atoms with van der Waals surface area (Å²) in [7, 11) is 0. The predicted molar refractivity (Wildman–Crippen MR) is 84.2 cm³/mol. The lowest BCUT2D eigenvalue weighted by atomic mass is 10.3. The Morgan fingerprint density at radius 2 is 1.86 bits per heavy atom. The average Bonchev–Trinajstić information content (AvgIpc) is 3.07. The molecule has 1 N–H and O–H groups in total. The third-order valence-electron chi connectivity index (χ3n) is 3.25. The van der Waals surface area contributed by atoms with E-state index in [-0.39, 0.29) is 0 Å². The summed E-state index contributed by atoms with van der Waals surface area (Å²) < 4.78 is 3.97. The summed E-state index contributed by atoms with van der Waals surface area (Å²) in [6, 6.07) is 10.5. The fourth-order valence-electron chi connectivity index (χ4n) is 2.19. The molecule has 0 fully saturated rings. The molecule has 2 aromatic heterocycles. The van der Waals surface area contributed by atoms with Gasteiger partial charge >= 0.3 is 0 Å². The van der Waals surface area contributed by atoms with Gasteiger partial charge in [-0.1, -0.05) is 18.2 Å². The molecule has 0 spiro atoms. The first-order chi connectivity index (χ1) is 10.1. The number of hydrogen-bond acceptors (Lipinski definition) is 3. The van der Waals surface area contributed by atoms with Crippen molar-refractivity contribution in [1.82, 2.24) is 19.3 Å². The highest BCUT2D eigenvalue weighted by molar-refractivity contribution is 5.54. The SMILES string of the molecule is Cc1cn(-c2ccccc2)c(Nc2cnn(C(C)C)c2)n1. The van der Waals surface area contributed by atoms with Crippen LogP contribution < -0.4 is 5.32 Å². The molecule has 0 saturated carbocycles. The number of hydrogen-bond donors (Lipinski definition) is 1. The Morgan fingerprint density at radius 3 is 2.52 bits per heavy atom. The Kier molecular flexibility index (Phi) is 3.48. The first kappa shape index (κ1) is 13.4. The molecule has 0 unspecified atom stereocenters. The lowest BCUT2D eigenvalue weighted by Gasteiger charge is -2.08. The lowest BCUT2D eigenvalue weighted by molar-refractivity contribution is 0.532. The summed E-state index contributed by atoms with van der Waals surface area (Å²) in [5, 5.41) is 7.67. The zero-order valence-corrected chi connectivity index (χ0v) is 12.5. The summed E-state index contributed by atoms with van der Waals surface area (Å²) in [6.45, 7) is 6.19. The van der Waals surface area contributed by atoms with Crippen LogP contribution in [0.15, 0.2) is 48.9 Å². The summed E-state index contributed by atoms with van der Waals surface area (Å²) in [4.78, 5) is 4.55. The van der Waals surface area contributed by atoms with E-state index in [1.807, 2.05) is 53.0 Å². The Bertz CT molecular complexity index is 724. The highest BCUT2D eigenvalue weighted by atomic mass is 15.3. The number of imidazole rings is 1. The first-order valence-corrected chi connectivity index (χ1v) is 7.06. The summed E-state index contributed by atoms with van der Waals surface area (Å²) in [6.07, 6.45) is 5.83. The van der Waals surface area contributed by atoms with Crippen molar-refractivity contribution in [2.75, 3.05) is 5.32 Å². The molecule has 0 aliphatic heterocycles. The van der Waals surface area contributed by atoms with Crippen LogP contribution in [0.1, 0.15) is 25.6 Å². The van der Waals surface area contributed by atoms with Crippen LogP contribution in [0.25, 0.3) is 5.69 Å². The van der Waals surface area contributed by atoms with Gasteiger partial charge in [-0.3, -0.25) is 9.25 Å². The van der Waals surface area contributed by atoms with Crippen LogP contribution in [0.5, 0.6) is 0 Å². The van der Waals surface area contributed by atoms with Crippen LogP contribution in [0.4, 0.5) is 11.6 Å². The minimum Gasteiger partial charge on any atom is -0.323 e. The van der Waals surface area contributed by atoms with Gasteiger partial charge in [0.1, 0.15) is 0 Å². The quantitative estimate of drug-likeness (QED) is 0.793. The Labute approximate surface area is 124 Å². The second-order valence-electron chi connectivity index (χ2n) is 5.34. The van der Waals surface area contributed by atoms with Gasteiger partial charge in [0, 0.05) is 24.1 Å². The molecule has 0 aliphatic carbocycles. The number of aromatic nitrogens is 4. The Hall–Kier alpha value is -2.56. The van der Waals surface area contributed by atoms with Crippen molar-refractivity contribution >= 4 is 11.6 Å². The zero-order chi connectivity index (χ0) is 14.8. The average molecular weight is 281 g/mol. The molecule has 5 heteroatoms. The van der Waals surface area contributed by atoms with Gasteiger partial charge in [-0.15, -0.1) is 0 Å². The standard InChI is InChI=1S/C16H19N5/c1-12(2)21-11-14(9-17-21)19-16-18-13(3)10-20(16)15-7-5-4-6-8-15/h4-12H,1-3H3,(H,18,19). The molecule has 0 atom stereocenters. The highest BCUT2D eigenvalue weighted by Crippen LogP contribution is 2.21. The molecule has 0 saturated heterocycles. The van der Waals surface area contributed by atoms with E-state index in [4.69, 9.17) is 0 Å². The van der Waals surface area contributed by atoms with Gasteiger partial charge in [-0.25, -0.2) is 4.98 Å². The second-order valence-corrected chi connectivity index (χ2v) is 5.34. The number of aryl methyl sites for hydroxylation is 1. The van der Waals surface area contributed by atoms with E-state index in [2.05, 4.69) is 41.4 Å². The first-order valence-electron chi connectivity index (χ1n) is 7.06. The normalized spacial score (nSPS) is 11.0. The van der Waals surface area contributed by atoms with Crippen molar-refractivity contribution in [3.05, 3.63) is 54.6 Å². The van der Waals surface area contributed by atoms with Crippen molar-refractivity contribution in [1.29, 1.82) is 0 Å². The van der Waals surface area contributed by atoms with Crippen LogP contribution in [-0.2, 0) is 0 Å². The molecule has 0 aliphatic rings. The molecule has 21 heavy (non-hydrogen) atoms. The van der Waals surface area contributed by atoms with E-state index in [1.54, 1.807) is 0 Å². The van der Waals surface area contributed by atoms with Crippen molar-refractivity contribution < 1.29 is 0 Å². The van der Waals surface area contributed by atoms with Crippen LogP contribution in [0.3, 0.4) is 0 Å². The number of nitrogens with zero attached hydrogens (tertiary/aromatic N) is 4. The maximum Gasteiger partial charge on any atom is 0.212 e. The molecule has 1 aromatic carbocycles. The third-order valence-corrected chi connectivity index (χ3v) is 3.25. The molecule has 3 aromatic rings. The number of para-hydroxylation sites is 1. The van der Waals surface area contributed by atoms with Gasteiger partial charge in [0.15, 0.2) is 0 Å². The molecule has 2 heterocycles.